The topological polar surface area (TPSA) is 25.8 Å². The van der Waals surface area contributed by atoms with Gasteiger partial charge in [0, 0.05) is 12.3 Å². The summed E-state index contributed by atoms with van der Waals surface area (Å²) in [7, 11) is 0. The molecule has 0 saturated heterocycles. The summed E-state index contributed by atoms with van der Waals surface area (Å²) < 4.78 is 26.4. The number of nitrogens with zero attached hydrogens (tertiary/aromatic N) is 2. The minimum atomic E-state index is -3.08. The van der Waals surface area contributed by atoms with E-state index >= 15 is 0 Å². The SMILES string of the molecule is CCc1cccc2c(Cl)nc(C(C)(F)F)nc12. The van der Waals surface area contributed by atoms with Gasteiger partial charge in [0.1, 0.15) is 5.15 Å². The lowest BCUT2D eigenvalue weighted by molar-refractivity contribution is 0.00807. The number of hydrogen-bond acceptors (Lipinski definition) is 2. The first-order valence-corrected chi connectivity index (χ1v) is 5.64. The van der Waals surface area contributed by atoms with Crippen LogP contribution in [0.25, 0.3) is 10.9 Å². The van der Waals surface area contributed by atoms with Crippen LogP contribution in [0.2, 0.25) is 5.15 Å². The lowest BCUT2D eigenvalue weighted by Gasteiger charge is -2.11. The highest BCUT2D eigenvalue weighted by Gasteiger charge is 2.29. The van der Waals surface area contributed by atoms with Crippen molar-refractivity contribution in [2.45, 2.75) is 26.2 Å². The largest absolute Gasteiger partial charge is 0.303 e. The Hall–Kier alpha value is -1.29. The molecular weight excluding hydrogens is 246 g/mol. The zero-order valence-corrected chi connectivity index (χ0v) is 10.2. The van der Waals surface area contributed by atoms with Crippen LogP contribution in [0.3, 0.4) is 0 Å². The highest BCUT2D eigenvalue weighted by Crippen LogP contribution is 2.29. The van der Waals surface area contributed by atoms with Gasteiger partial charge in [-0.05, 0) is 18.1 Å². The number of benzene rings is 1. The Morgan fingerprint density at radius 3 is 2.59 bits per heavy atom. The van der Waals surface area contributed by atoms with Crippen LogP contribution >= 0.6 is 11.6 Å². The molecule has 0 unspecified atom stereocenters. The van der Waals surface area contributed by atoms with Gasteiger partial charge >= 0.3 is 5.92 Å². The second-order valence-corrected chi connectivity index (χ2v) is 4.25. The molecule has 0 amide bonds. The quantitative estimate of drug-likeness (QED) is 0.760. The van der Waals surface area contributed by atoms with E-state index in [9.17, 15) is 8.78 Å². The molecule has 0 N–H and O–H groups in total. The third kappa shape index (κ3) is 2.22. The molecule has 0 saturated carbocycles. The van der Waals surface area contributed by atoms with Gasteiger partial charge in [-0.15, -0.1) is 0 Å². The Kier molecular flexibility index (Phi) is 3.00. The first-order valence-electron chi connectivity index (χ1n) is 5.27. The molecule has 90 valence electrons. The third-order valence-corrected chi connectivity index (χ3v) is 2.83. The van der Waals surface area contributed by atoms with Gasteiger partial charge in [0.15, 0.2) is 0 Å². The van der Waals surface area contributed by atoms with Gasteiger partial charge in [0.05, 0.1) is 5.52 Å². The monoisotopic (exact) mass is 256 g/mol. The fourth-order valence-electron chi connectivity index (χ4n) is 1.66. The van der Waals surface area contributed by atoms with Crippen LogP contribution in [0.1, 0.15) is 25.2 Å². The molecule has 1 aromatic carbocycles. The maximum atomic E-state index is 13.2. The molecule has 2 aromatic rings. The Labute approximate surface area is 103 Å². The molecule has 17 heavy (non-hydrogen) atoms. The second-order valence-electron chi connectivity index (χ2n) is 3.89. The predicted molar refractivity (Wildman–Crippen MR) is 63.5 cm³/mol. The Balaban J connectivity index is 2.79. The van der Waals surface area contributed by atoms with Crippen LogP contribution in [-0.2, 0) is 12.3 Å². The number of aryl methyl sites for hydroxylation is 1. The van der Waals surface area contributed by atoms with Gasteiger partial charge in [0.25, 0.3) is 0 Å². The Bertz CT molecular complexity index is 564. The van der Waals surface area contributed by atoms with Gasteiger partial charge in [-0.3, -0.25) is 0 Å². The van der Waals surface area contributed by atoms with Crippen molar-refractivity contribution in [2.24, 2.45) is 0 Å². The lowest BCUT2D eigenvalue weighted by atomic mass is 10.1. The molecule has 1 heterocycles. The number of hydrogen-bond donors (Lipinski definition) is 0. The van der Waals surface area contributed by atoms with Crippen LogP contribution in [-0.4, -0.2) is 9.97 Å². The number of rotatable bonds is 2. The summed E-state index contributed by atoms with van der Waals surface area (Å²) in [4.78, 5) is 7.58. The number of halogens is 3. The summed E-state index contributed by atoms with van der Waals surface area (Å²) in [5.74, 6) is -3.62. The molecule has 2 rings (SSSR count). The number of aromatic nitrogens is 2. The van der Waals surface area contributed by atoms with E-state index in [1.165, 1.54) is 0 Å². The average Bonchev–Trinajstić information content (AvgIpc) is 2.27. The molecule has 0 aliphatic rings. The number of fused-ring (bicyclic) bond motifs is 1. The summed E-state index contributed by atoms with van der Waals surface area (Å²) in [6.45, 7) is 2.70. The first-order chi connectivity index (χ1) is 7.93. The van der Waals surface area contributed by atoms with Gasteiger partial charge in [0.2, 0.25) is 5.82 Å². The summed E-state index contributed by atoms with van der Waals surface area (Å²) in [5.41, 5.74) is 1.39. The van der Waals surface area contributed by atoms with E-state index in [4.69, 9.17) is 11.6 Å². The van der Waals surface area contributed by atoms with Crippen LogP contribution in [0, 0.1) is 0 Å². The predicted octanol–water partition coefficient (Wildman–Crippen LogP) is 3.96. The van der Waals surface area contributed by atoms with Crippen LogP contribution in [0.15, 0.2) is 18.2 Å². The van der Waals surface area contributed by atoms with Crippen LogP contribution < -0.4 is 0 Å². The minimum Gasteiger partial charge on any atom is -0.227 e. The molecule has 1 aromatic heterocycles. The van der Waals surface area contributed by atoms with Crippen molar-refractivity contribution in [1.82, 2.24) is 9.97 Å². The highest BCUT2D eigenvalue weighted by atomic mass is 35.5. The van der Waals surface area contributed by atoms with E-state index in [0.717, 1.165) is 12.5 Å². The van der Waals surface area contributed by atoms with Crippen molar-refractivity contribution in [2.75, 3.05) is 0 Å². The molecule has 0 bridgehead atoms. The summed E-state index contributed by atoms with van der Waals surface area (Å²) in [5, 5.41) is 0.681. The Morgan fingerprint density at radius 1 is 1.29 bits per heavy atom. The van der Waals surface area contributed by atoms with Gasteiger partial charge < -0.3 is 0 Å². The van der Waals surface area contributed by atoms with Crippen molar-refractivity contribution in [3.63, 3.8) is 0 Å². The van der Waals surface area contributed by atoms with Gasteiger partial charge in [-0.25, -0.2) is 9.97 Å². The summed E-state index contributed by atoms with van der Waals surface area (Å²) in [6.07, 6.45) is 0.708. The normalized spacial score (nSPS) is 12.1. The molecule has 0 radical (unpaired) electrons. The smallest absolute Gasteiger partial charge is 0.227 e. The fourth-order valence-corrected chi connectivity index (χ4v) is 1.89. The maximum Gasteiger partial charge on any atom is 0.303 e. The van der Waals surface area contributed by atoms with E-state index in [-0.39, 0.29) is 5.15 Å². The van der Waals surface area contributed by atoms with E-state index in [0.29, 0.717) is 17.3 Å². The van der Waals surface area contributed by atoms with Crippen molar-refractivity contribution < 1.29 is 8.78 Å². The van der Waals surface area contributed by atoms with E-state index in [2.05, 4.69) is 9.97 Å². The highest BCUT2D eigenvalue weighted by molar-refractivity contribution is 6.34. The first kappa shape index (κ1) is 12.2. The zero-order chi connectivity index (χ0) is 12.6. The van der Waals surface area contributed by atoms with Crippen molar-refractivity contribution in [3.05, 3.63) is 34.7 Å². The standard InChI is InChI=1S/C12H11ClF2N2/c1-3-7-5-4-6-8-9(7)16-11(12(2,14)15)17-10(8)13/h4-6H,3H2,1-2H3. The second kappa shape index (κ2) is 4.18. The zero-order valence-electron chi connectivity index (χ0n) is 9.47. The van der Waals surface area contributed by atoms with Gasteiger partial charge in [-0.1, -0.05) is 30.7 Å². The maximum absolute atomic E-state index is 13.2. The molecular formula is C12H11ClF2N2. The molecule has 5 heteroatoms. The van der Waals surface area contributed by atoms with E-state index in [1.807, 2.05) is 19.1 Å². The minimum absolute atomic E-state index is 0.0711. The van der Waals surface area contributed by atoms with Gasteiger partial charge in [-0.2, -0.15) is 8.78 Å². The summed E-state index contributed by atoms with van der Waals surface area (Å²) in [6, 6.07) is 5.40. The third-order valence-electron chi connectivity index (χ3n) is 2.54. The molecule has 0 atom stereocenters. The van der Waals surface area contributed by atoms with E-state index < -0.39 is 11.7 Å². The van der Waals surface area contributed by atoms with Crippen molar-refractivity contribution >= 4 is 22.5 Å². The molecule has 2 nitrogen and oxygen atoms in total. The summed E-state index contributed by atoms with van der Waals surface area (Å²) >= 11 is 5.91. The molecule has 0 fully saturated rings. The molecule has 0 spiro atoms. The van der Waals surface area contributed by atoms with Crippen molar-refractivity contribution in [3.8, 4) is 0 Å². The van der Waals surface area contributed by atoms with Crippen LogP contribution in [0.4, 0.5) is 8.78 Å². The average molecular weight is 257 g/mol. The van der Waals surface area contributed by atoms with Crippen LogP contribution in [0.5, 0.6) is 0 Å². The van der Waals surface area contributed by atoms with E-state index in [1.54, 1.807) is 6.07 Å². The van der Waals surface area contributed by atoms with Crippen molar-refractivity contribution in [1.29, 1.82) is 0 Å². The number of para-hydroxylation sites is 1. The molecule has 0 aliphatic carbocycles. The number of alkyl halides is 2. The Morgan fingerprint density at radius 2 is 2.00 bits per heavy atom. The molecule has 0 aliphatic heterocycles. The lowest BCUT2D eigenvalue weighted by Crippen LogP contribution is -2.13. The fraction of sp³-hybridized carbons (Fsp3) is 0.333.